The maximum absolute atomic E-state index is 11.4. The number of aliphatic carboxylic acids is 1. The van der Waals surface area contributed by atoms with Crippen molar-refractivity contribution < 1.29 is 9.90 Å². The van der Waals surface area contributed by atoms with Crippen molar-refractivity contribution in [2.75, 3.05) is 0 Å². The van der Waals surface area contributed by atoms with E-state index in [0.717, 1.165) is 10.0 Å². The van der Waals surface area contributed by atoms with Gasteiger partial charge in [0.05, 0.1) is 5.92 Å². The highest BCUT2D eigenvalue weighted by molar-refractivity contribution is 9.10. The van der Waals surface area contributed by atoms with Gasteiger partial charge in [0.25, 0.3) is 0 Å². The Bertz CT molecular complexity index is 568. The molecule has 0 aliphatic carbocycles. The molecule has 1 unspecified atom stereocenters. The van der Waals surface area contributed by atoms with Crippen LogP contribution in [-0.2, 0) is 18.3 Å². The first-order valence-corrected chi connectivity index (χ1v) is 6.19. The molecule has 1 N–H and O–H groups in total. The number of benzene rings is 1. The van der Waals surface area contributed by atoms with Crippen LogP contribution >= 0.6 is 15.9 Å². The van der Waals surface area contributed by atoms with E-state index in [1.165, 1.54) is 6.33 Å². The predicted molar refractivity (Wildman–Crippen MR) is 69.2 cm³/mol. The van der Waals surface area contributed by atoms with Crippen LogP contribution in [0.2, 0.25) is 0 Å². The zero-order chi connectivity index (χ0) is 13.1. The molecular weight excluding hydrogens is 298 g/mol. The van der Waals surface area contributed by atoms with E-state index >= 15 is 0 Å². The molecule has 0 saturated carbocycles. The molecule has 0 radical (unpaired) electrons. The van der Waals surface area contributed by atoms with Crippen LogP contribution in [0.15, 0.2) is 35.1 Å². The summed E-state index contributed by atoms with van der Waals surface area (Å²) in [5, 5.41) is 13.3. The van der Waals surface area contributed by atoms with E-state index in [9.17, 15) is 9.90 Å². The maximum Gasteiger partial charge on any atom is 0.311 e. The number of carboxylic acid groups (broad SMARTS) is 1. The molecular formula is C12H12BrN3O2. The SMILES string of the molecule is Cn1ncnc1CC(C(=O)O)c1ccccc1Br. The van der Waals surface area contributed by atoms with Crippen molar-refractivity contribution in [2.45, 2.75) is 12.3 Å². The summed E-state index contributed by atoms with van der Waals surface area (Å²) in [7, 11) is 1.75. The molecule has 94 valence electrons. The van der Waals surface area contributed by atoms with E-state index in [4.69, 9.17) is 0 Å². The minimum absolute atomic E-state index is 0.314. The third-order valence-corrected chi connectivity index (χ3v) is 3.49. The molecule has 2 aromatic rings. The van der Waals surface area contributed by atoms with Crippen molar-refractivity contribution in [3.63, 3.8) is 0 Å². The number of carbonyl (C=O) groups is 1. The summed E-state index contributed by atoms with van der Waals surface area (Å²) in [6.07, 6.45) is 1.74. The van der Waals surface area contributed by atoms with Crippen molar-refractivity contribution in [3.05, 3.63) is 46.5 Å². The van der Waals surface area contributed by atoms with Gasteiger partial charge in [0, 0.05) is 17.9 Å². The fourth-order valence-corrected chi connectivity index (χ4v) is 2.34. The normalized spacial score (nSPS) is 12.3. The van der Waals surface area contributed by atoms with Crippen molar-refractivity contribution in [1.82, 2.24) is 14.8 Å². The van der Waals surface area contributed by atoms with Crippen LogP contribution in [0.25, 0.3) is 0 Å². The standard InChI is InChI=1S/C12H12BrN3O2/c1-16-11(14-7-15-16)6-9(12(17)18)8-4-2-3-5-10(8)13/h2-5,7,9H,6H2,1H3,(H,17,18). The molecule has 1 aromatic carbocycles. The molecule has 1 atom stereocenters. The van der Waals surface area contributed by atoms with Gasteiger partial charge in [0.2, 0.25) is 0 Å². The highest BCUT2D eigenvalue weighted by Crippen LogP contribution is 2.27. The summed E-state index contributed by atoms with van der Waals surface area (Å²) in [5.74, 6) is -0.855. The number of aryl methyl sites for hydroxylation is 1. The van der Waals surface area contributed by atoms with E-state index < -0.39 is 11.9 Å². The van der Waals surface area contributed by atoms with Gasteiger partial charge < -0.3 is 5.11 Å². The minimum Gasteiger partial charge on any atom is -0.481 e. The van der Waals surface area contributed by atoms with E-state index in [1.54, 1.807) is 17.8 Å². The van der Waals surface area contributed by atoms with Crippen LogP contribution in [0.1, 0.15) is 17.3 Å². The molecule has 1 heterocycles. The second-order valence-corrected chi connectivity index (χ2v) is 4.77. The Morgan fingerprint density at radius 3 is 2.78 bits per heavy atom. The zero-order valence-corrected chi connectivity index (χ0v) is 11.3. The van der Waals surface area contributed by atoms with Gasteiger partial charge in [-0.2, -0.15) is 5.10 Å². The third-order valence-electron chi connectivity index (χ3n) is 2.77. The summed E-state index contributed by atoms with van der Waals surface area (Å²) in [4.78, 5) is 15.5. The molecule has 2 rings (SSSR count). The number of carboxylic acids is 1. The lowest BCUT2D eigenvalue weighted by Gasteiger charge is -2.13. The van der Waals surface area contributed by atoms with E-state index in [-0.39, 0.29) is 0 Å². The van der Waals surface area contributed by atoms with Gasteiger partial charge in [0.1, 0.15) is 12.2 Å². The molecule has 5 nitrogen and oxygen atoms in total. The molecule has 0 fully saturated rings. The van der Waals surface area contributed by atoms with Gasteiger partial charge in [-0.1, -0.05) is 34.1 Å². The topological polar surface area (TPSA) is 68.0 Å². The summed E-state index contributed by atoms with van der Waals surface area (Å²) < 4.78 is 2.38. The van der Waals surface area contributed by atoms with Crippen molar-refractivity contribution in [1.29, 1.82) is 0 Å². The van der Waals surface area contributed by atoms with Crippen LogP contribution in [0.5, 0.6) is 0 Å². The molecule has 18 heavy (non-hydrogen) atoms. The molecule has 0 aliphatic heterocycles. The van der Waals surface area contributed by atoms with Crippen molar-refractivity contribution in [2.24, 2.45) is 7.05 Å². The third kappa shape index (κ3) is 2.59. The first-order valence-electron chi connectivity index (χ1n) is 5.39. The van der Waals surface area contributed by atoms with Gasteiger partial charge in [-0.05, 0) is 11.6 Å². The van der Waals surface area contributed by atoms with Gasteiger partial charge >= 0.3 is 5.97 Å². The van der Waals surface area contributed by atoms with Crippen LogP contribution in [0, 0.1) is 0 Å². The van der Waals surface area contributed by atoms with Gasteiger partial charge in [0.15, 0.2) is 0 Å². The summed E-state index contributed by atoms with van der Waals surface area (Å²) >= 11 is 3.38. The Hall–Kier alpha value is -1.69. The largest absolute Gasteiger partial charge is 0.481 e. The van der Waals surface area contributed by atoms with Crippen molar-refractivity contribution >= 4 is 21.9 Å². The monoisotopic (exact) mass is 309 g/mol. The minimum atomic E-state index is -0.870. The predicted octanol–water partition coefficient (Wildman–Crippen LogP) is 1.99. The van der Waals surface area contributed by atoms with Crippen molar-refractivity contribution in [3.8, 4) is 0 Å². The summed E-state index contributed by atoms with van der Waals surface area (Å²) in [6.45, 7) is 0. The Balaban J connectivity index is 2.33. The molecule has 6 heteroatoms. The molecule has 0 bridgehead atoms. The molecule has 0 amide bonds. The van der Waals surface area contributed by atoms with Crippen LogP contribution < -0.4 is 0 Å². The Morgan fingerprint density at radius 2 is 2.22 bits per heavy atom. The lowest BCUT2D eigenvalue weighted by Crippen LogP contribution is -2.17. The van der Waals surface area contributed by atoms with Gasteiger partial charge in [-0.3, -0.25) is 9.48 Å². The van der Waals surface area contributed by atoms with Gasteiger partial charge in [-0.15, -0.1) is 0 Å². The molecule has 0 aliphatic rings. The number of aromatic nitrogens is 3. The molecule has 0 saturated heterocycles. The zero-order valence-electron chi connectivity index (χ0n) is 9.75. The molecule has 1 aromatic heterocycles. The highest BCUT2D eigenvalue weighted by Gasteiger charge is 2.24. The Morgan fingerprint density at radius 1 is 1.50 bits per heavy atom. The summed E-state index contributed by atoms with van der Waals surface area (Å²) in [5.41, 5.74) is 0.744. The number of hydrogen-bond donors (Lipinski definition) is 1. The van der Waals surface area contributed by atoms with Crippen LogP contribution in [0.4, 0.5) is 0 Å². The smallest absolute Gasteiger partial charge is 0.311 e. The first-order chi connectivity index (χ1) is 8.59. The maximum atomic E-state index is 11.4. The number of nitrogens with zero attached hydrogens (tertiary/aromatic N) is 3. The second kappa shape index (κ2) is 5.30. The average Bonchev–Trinajstić information content (AvgIpc) is 2.73. The second-order valence-electron chi connectivity index (χ2n) is 3.92. The lowest BCUT2D eigenvalue weighted by atomic mass is 9.95. The summed E-state index contributed by atoms with van der Waals surface area (Å²) in [6, 6.07) is 7.32. The average molecular weight is 310 g/mol. The Kier molecular flexibility index (Phi) is 3.76. The van der Waals surface area contributed by atoms with Gasteiger partial charge in [-0.25, -0.2) is 4.98 Å². The number of hydrogen-bond acceptors (Lipinski definition) is 3. The quantitative estimate of drug-likeness (QED) is 0.938. The van der Waals surface area contributed by atoms with Crippen LogP contribution in [-0.4, -0.2) is 25.8 Å². The molecule has 0 spiro atoms. The number of halogens is 1. The Labute approximate surface area is 113 Å². The highest BCUT2D eigenvalue weighted by atomic mass is 79.9. The van der Waals surface area contributed by atoms with Crippen LogP contribution in [0.3, 0.4) is 0 Å². The fourth-order valence-electron chi connectivity index (χ4n) is 1.78. The first kappa shape index (κ1) is 12.8. The van der Waals surface area contributed by atoms with E-state index in [2.05, 4.69) is 26.0 Å². The fraction of sp³-hybridized carbons (Fsp3) is 0.250. The van der Waals surface area contributed by atoms with E-state index in [0.29, 0.717) is 12.2 Å². The number of rotatable bonds is 4. The lowest BCUT2D eigenvalue weighted by molar-refractivity contribution is -0.138. The van der Waals surface area contributed by atoms with E-state index in [1.807, 2.05) is 18.2 Å².